The number of aliphatic hydroxyl groups excluding tert-OH is 2. The SMILES string of the molecule is CC(C)CN(C[C@@H](O)[C@H](Cc1ccccc1)NC(=O)OC1CCOC1)S(=O)(=O)c1ccc(CO)cc1. The zero-order valence-electron chi connectivity index (χ0n) is 20.7. The molecule has 1 unspecified atom stereocenters. The van der Waals surface area contributed by atoms with E-state index in [9.17, 15) is 23.4 Å². The summed E-state index contributed by atoms with van der Waals surface area (Å²) in [4.78, 5) is 12.7. The minimum atomic E-state index is -3.94. The lowest BCUT2D eigenvalue weighted by molar-refractivity contribution is 0.0644. The van der Waals surface area contributed by atoms with Gasteiger partial charge in [0.05, 0.1) is 36.9 Å². The van der Waals surface area contributed by atoms with Crippen molar-refractivity contribution in [3.05, 3.63) is 65.7 Å². The maximum absolute atomic E-state index is 13.5. The highest BCUT2D eigenvalue weighted by Gasteiger charge is 2.32. The van der Waals surface area contributed by atoms with Crippen molar-refractivity contribution in [2.45, 2.75) is 56.4 Å². The maximum Gasteiger partial charge on any atom is 0.407 e. The van der Waals surface area contributed by atoms with E-state index in [-0.39, 0.29) is 36.6 Å². The molecule has 1 amide bonds. The van der Waals surface area contributed by atoms with Crippen molar-refractivity contribution < 1.29 is 32.9 Å². The van der Waals surface area contributed by atoms with Gasteiger partial charge in [-0.15, -0.1) is 0 Å². The second kappa shape index (κ2) is 13.2. The number of amides is 1. The fourth-order valence-corrected chi connectivity index (χ4v) is 5.65. The van der Waals surface area contributed by atoms with E-state index in [0.29, 0.717) is 31.6 Å². The van der Waals surface area contributed by atoms with E-state index >= 15 is 0 Å². The van der Waals surface area contributed by atoms with Gasteiger partial charge in [0.2, 0.25) is 10.0 Å². The third kappa shape index (κ3) is 8.01. The Morgan fingerprint density at radius 3 is 2.39 bits per heavy atom. The molecule has 0 aromatic heterocycles. The molecule has 1 aliphatic rings. The van der Waals surface area contributed by atoms with E-state index in [1.807, 2.05) is 44.2 Å². The second-order valence-electron chi connectivity index (χ2n) is 9.42. The van der Waals surface area contributed by atoms with Gasteiger partial charge in [-0.1, -0.05) is 56.3 Å². The molecule has 2 aromatic rings. The Kier molecular flexibility index (Phi) is 10.3. The van der Waals surface area contributed by atoms with Gasteiger partial charge in [0.1, 0.15) is 6.10 Å². The molecule has 2 aromatic carbocycles. The van der Waals surface area contributed by atoms with Gasteiger partial charge in [0.25, 0.3) is 0 Å². The van der Waals surface area contributed by atoms with Gasteiger partial charge < -0.3 is 25.0 Å². The standard InChI is InChI=1S/C26H36N2O7S/c1-19(2)15-28(36(32,33)23-10-8-21(17-29)9-11-23)16-25(30)24(14-20-6-4-3-5-7-20)27-26(31)35-22-12-13-34-18-22/h3-11,19,22,24-25,29-30H,12-18H2,1-2H3,(H,27,31)/t22?,24-,25+/m0/s1. The van der Waals surface area contributed by atoms with Crippen LogP contribution in [0.4, 0.5) is 4.79 Å². The summed E-state index contributed by atoms with van der Waals surface area (Å²) in [5, 5.41) is 23.2. The molecule has 1 aliphatic heterocycles. The number of ether oxygens (including phenoxy) is 2. The molecule has 36 heavy (non-hydrogen) atoms. The highest BCUT2D eigenvalue weighted by Crippen LogP contribution is 2.20. The van der Waals surface area contributed by atoms with Crippen LogP contribution in [0.25, 0.3) is 0 Å². The Balaban J connectivity index is 1.80. The Morgan fingerprint density at radius 1 is 1.11 bits per heavy atom. The van der Waals surface area contributed by atoms with Crippen LogP contribution in [0, 0.1) is 5.92 Å². The maximum atomic E-state index is 13.5. The molecule has 0 aliphatic carbocycles. The molecule has 0 spiro atoms. The van der Waals surface area contributed by atoms with Crippen LogP contribution >= 0.6 is 0 Å². The summed E-state index contributed by atoms with van der Waals surface area (Å²) in [6, 6.07) is 14.6. The average molecular weight is 521 g/mol. The van der Waals surface area contributed by atoms with Gasteiger partial charge in [-0.3, -0.25) is 0 Å². The number of carbonyl (C=O) groups excluding carboxylic acids is 1. The van der Waals surface area contributed by atoms with E-state index in [4.69, 9.17) is 9.47 Å². The highest BCUT2D eigenvalue weighted by atomic mass is 32.2. The van der Waals surface area contributed by atoms with Crippen molar-refractivity contribution in [2.24, 2.45) is 5.92 Å². The predicted octanol–water partition coefficient (Wildman–Crippen LogP) is 2.31. The minimum Gasteiger partial charge on any atom is -0.444 e. The van der Waals surface area contributed by atoms with Gasteiger partial charge in [-0.05, 0) is 35.6 Å². The van der Waals surface area contributed by atoms with Crippen LogP contribution in [0.3, 0.4) is 0 Å². The zero-order chi connectivity index (χ0) is 26.1. The number of rotatable bonds is 12. The molecular formula is C26H36N2O7S. The smallest absolute Gasteiger partial charge is 0.407 e. The first-order valence-corrected chi connectivity index (χ1v) is 13.6. The molecule has 0 radical (unpaired) electrons. The second-order valence-corrected chi connectivity index (χ2v) is 11.4. The van der Waals surface area contributed by atoms with Gasteiger partial charge in [0, 0.05) is 19.5 Å². The third-order valence-corrected chi connectivity index (χ3v) is 7.78. The van der Waals surface area contributed by atoms with Crippen molar-refractivity contribution in [2.75, 3.05) is 26.3 Å². The quantitative estimate of drug-likeness (QED) is 0.392. The molecule has 0 saturated carbocycles. The molecule has 3 rings (SSSR count). The van der Waals surface area contributed by atoms with Gasteiger partial charge in [-0.25, -0.2) is 13.2 Å². The number of nitrogens with zero attached hydrogens (tertiary/aromatic N) is 1. The largest absolute Gasteiger partial charge is 0.444 e. The topological polar surface area (TPSA) is 125 Å². The average Bonchev–Trinajstić information content (AvgIpc) is 3.36. The fourth-order valence-electron chi connectivity index (χ4n) is 4.02. The lowest BCUT2D eigenvalue weighted by Crippen LogP contribution is -2.51. The molecule has 0 bridgehead atoms. The number of sulfonamides is 1. The van der Waals surface area contributed by atoms with Gasteiger partial charge >= 0.3 is 6.09 Å². The third-order valence-electron chi connectivity index (χ3n) is 5.93. The van der Waals surface area contributed by atoms with Crippen LogP contribution in [0.2, 0.25) is 0 Å². The first-order chi connectivity index (χ1) is 17.2. The van der Waals surface area contributed by atoms with Crippen LogP contribution < -0.4 is 5.32 Å². The number of carbonyl (C=O) groups is 1. The highest BCUT2D eigenvalue weighted by molar-refractivity contribution is 7.89. The monoisotopic (exact) mass is 520 g/mol. The summed E-state index contributed by atoms with van der Waals surface area (Å²) in [5.41, 5.74) is 1.48. The summed E-state index contributed by atoms with van der Waals surface area (Å²) in [6.45, 7) is 4.42. The number of benzene rings is 2. The van der Waals surface area contributed by atoms with E-state index < -0.39 is 28.3 Å². The van der Waals surface area contributed by atoms with Crippen LogP contribution in [-0.4, -0.2) is 73.6 Å². The number of nitrogens with one attached hydrogen (secondary N) is 1. The minimum absolute atomic E-state index is 0.00319. The van der Waals surface area contributed by atoms with Crippen LogP contribution in [0.1, 0.15) is 31.4 Å². The lowest BCUT2D eigenvalue weighted by Gasteiger charge is -2.30. The predicted molar refractivity (Wildman–Crippen MR) is 135 cm³/mol. The molecule has 198 valence electrons. The number of hydrogen-bond donors (Lipinski definition) is 3. The molecule has 1 heterocycles. The number of alkyl carbamates (subject to hydrolysis) is 1. The molecule has 10 heteroatoms. The van der Waals surface area contributed by atoms with E-state index in [1.165, 1.54) is 16.4 Å². The molecule has 1 saturated heterocycles. The fraction of sp³-hybridized carbons (Fsp3) is 0.500. The van der Waals surface area contributed by atoms with Crippen LogP contribution in [-0.2, 0) is 32.5 Å². The summed E-state index contributed by atoms with van der Waals surface area (Å²) >= 11 is 0. The van der Waals surface area contributed by atoms with Crippen LogP contribution in [0.15, 0.2) is 59.5 Å². The molecule has 3 N–H and O–H groups in total. The lowest BCUT2D eigenvalue weighted by atomic mass is 10.0. The molecule has 1 fully saturated rings. The Morgan fingerprint density at radius 2 is 1.81 bits per heavy atom. The summed E-state index contributed by atoms with van der Waals surface area (Å²) in [5.74, 6) is -0.00319. The van der Waals surface area contributed by atoms with Crippen molar-refractivity contribution >= 4 is 16.1 Å². The molecule has 3 atom stereocenters. The summed E-state index contributed by atoms with van der Waals surface area (Å²) in [6.07, 6.45) is -1.33. The number of hydrogen-bond acceptors (Lipinski definition) is 7. The zero-order valence-corrected chi connectivity index (χ0v) is 21.6. The Bertz CT molecular complexity index is 1060. The number of aliphatic hydroxyl groups is 2. The van der Waals surface area contributed by atoms with E-state index in [2.05, 4.69) is 5.32 Å². The van der Waals surface area contributed by atoms with Crippen molar-refractivity contribution in [1.29, 1.82) is 0 Å². The van der Waals surface area contributed by atoms with Gasteiger partial charge in [-0.2, -0.15) is 4.31 Å². The summed E-state index contributed by atoms with van der Waals surface area (Å²) < 4.78 is 38.8. The van der Waals surface area contributed by atoms with E-state index in [1.54, 1.807) is 12.1 Å². The van der Waals surface area contributed by atoms with Crippen molar-refractivity contribution in [1.82, 2.24) is 9.62 Å². The molecular weight excluding hydrogens is 484 g/mol. The van der Waals surface area contributed by atoms with Crippen LogP contribution in [0.5, 0.6) is 0 Å². The van der Waals surface area contributed by atoms with Crippen molar-refractivity contribution in [3.8, 4) is 0 Å². The Hall–Kier alpha value is -2.50. The van der Waals surface area contributed by atoms with Gasteiger partial charge in [0.15, 0.2) is 0 Å². The first kappa shape index (κ1) is 28.1. The Labute approximate surface area is 213 Å². The first-order valence-electron chi connectivity index (χ1n) is 12.2. The van der Waals surface area contributed by atoms with E-state index in [0.717, 1.165) is 5.56 Å². The normalized spacial score (nSPS) is 17.8. The molecule has 9 nitrogen and oxygen atoms in total. The summed E-state index contributed by atoms with van der Waals surface area (Å²) in [7, 11) is -3.94. The van der Waals surface area contributed by atoms with Crippen molar-refractivity contribution in [3.63, 3.8) is 0 Å².